The van der Waals surface area contributed by atoms with Crippen LogP contribution in [-0.2, 0) is 7.05 Å². The highest BCUT2D eigenvalue weighted by Crippen LogP contribution is 2.38. The third-order valence-corrected chi connectivity index (χ3v) is 6.79. The summed E-state index contributed by atoms with van der Waals surface area (Å²) in [4.78, 5) is 0. The van der Waals surface area contributed by atoms with E-state index in [2.05, 4.69) is 111 Å². The molecule has 2 heteroatoms. The average molecular weight is 394 g/mol. The molecule has 150 valence electrons. The van der Waals surface area contributed by atoms with E-state index in [1.54, 1.807) is 0 Å². The van der Waals surface area contributed by atoms with E-state index < -0.39 is 0 Å². The molecule has 30 heavy (non-hydrogen) atoms. The highest BCUT2D eigenvalue weighted by atomic mass is 15.0. The summed E-state index contributed by atoms with van der Waals surface area (Å²) in [5, 5.41) is 5.34. The summed E-state index contributed by atoms with van der Waals surface area (Å²) in [6.45, 7) is 11.3. The standard InChI is InChI=1S/C28H29N2/c1-17(2)30-26-14-10-9-12-22(26)25-15-18(3)24(16-27(25)30)28-23-13-8-7-11-21(23)19(4)20(5)29(28)6/h7-17H,1-6H3/q+1. The van der Waals surface area contributed by atoms with Crippen molar-refractivity contribution in [3.63, 3.8) is 0 Å². The molecular formula is C28H29N2+. The van der Waals surface area contributed by atoms with Gasteiger partial charge in [0.25, 0.3) is 0 Å². The van der Waals surface area contributed by atoms with Gasteiger partial charge < -0.3 is 4.57 Å². The largest absolute Gasteiger partial charge is 0.338 e. The van der Waals surface area contributed by atoms with Crippen LogP contribution in [0.4, 0.5) is 0 Å². The Balaban J connectivity index is 1.96. The van der Waals surface area contributed by atoms with Crippen LogP contribution in [0.5, 0.6) is 0 Å². The lowest BCUT2D eigenvalue weighted by atomic mass is 9.95. The molecule has 0 aliphatic rings. The molecule has 3 aromatic carbocycles. The number of fused-ring (bicyclic) bond motifs is 4. The van der Waals surface area contributed by atoms with E-state index in [1.165, 1.54) is 60.7 Å². The number of hydrogen-bond acceptors (Lipinski definition) is 0. The molecule has 0 saturated heterocycles. The summed E-state index contributed by atoms with van der Waals surface area (Å²) in [5.41, 5.74) is 9.22. The molecule has 0 aliphatic heterocycles. The van der Waals surface area contributed by atoms with Crippen molar-refractivity contribution in [3.05, 3.63) is 77.5 Å². The van der Waals surface area contributed by atoms with E-state index in [0.717, 1.165) is 0 Å². The zero-order chi connectivity index (χ0) is 21.2. The molecule has 0 radical (unpaired) electrons. The van der Waals surface area contributed by atoms with Gasteiger partial charge in [-0.05, 0) is 62.9 Å². The fourth-order valence-electron chi connectivity index (χ4n) is 5.10. The molecule has 0 fully saturated rings. The zero-order valence-corrected chi connectivity index (χ0v) is 18.7. The van der Waals surface area contributed by atoms with Crippen LogP contribution in [0.1, 0.15) is 36.7 Å². The van der Waals surface area contributed by atoms with Gasteiger partial charge in [-0.15, -0.1) is 0 Å². The normalized spacial score (nSPS) is 12.0. The lowest BCUT2D eigenvalue weighted by Gasteiger charge is -2.15. The Bertz CT molecular complexity index is 1450. The maximum absolute atomic E-state index is 2.48. The molecule has 2 aromatic heterocycles. The Labute approximate surface area is 178 Å². The first-order valence-corrected chi connectivity index (χ1v) is 10.8. The van der Waals surface area contributed by atoms with Crippen LogP contribution in [-0.4, -0.2) is 4.57 Å². The highest BCUT2D eigenvalue weighted by Gasteiger charge is 2.24. The summed E-state index contributed by atoms with van der Waals surface area (Å²) in [6.07, 6.45) is 0. The number of para-hydroxylation sites is 1. The number of benzene rings is 3. The molecule has 0 unspecified atom stereocenters. The summed E-state index contributed by atoms with van der Waals surface area (Å²) in [7, 11) is 2.20. The van der Waals surface area contributed by atoms with Crippen LogP contribution < -0.4 is 4.57 Å². The Morgan fingerprint density at radius 1 is 0.733 bits per heavy atom. The smallest absolute Gasteiger partial charge is 0.220 e. The minimum Gasteiger partial charge on any atom is -0.338 e. The van der Waals surface area contributed by atoms with Crippen molar-refractivity contribution >= 4 is 32.6 Å². The maximum Gasteiger partial charge on any atom is 0.220 e. The van der Waals surface area contributed by atoms with Crippen molar-refractivity contribution in [2.24, 2.45) is 7.05 Å². The number of rotatable bonds is 2. The second-order valence-electron chi connectivity index (χ2n) is 8.83. The van der Waals surface area contributed by atoms with Crippen molar-refractivity contribution in [1.82, 2.24) is 4.57 Å². The second-order valence-corrected chi connectivity index (χ2v) is 8.83. The van der Waals surface area contributed by atoms with Gasteiger partial charge in [0.05, 0.1) is 16.5 Å². The molecule has 0 N–H and O–H groups in total. The van der Waals surface area contributed by atoms with Gasteiger partial charge in [0.2, 0.25) is 5.69 Å². The molecule has 2 heterocycles. The van der Waals surface area contributed by atoms with Crippen LogP contribution in [0, 0.1) is 20.8 Å². The van der Waals surface area contributed by atoms with Crippen molar-refractivity contribution in [2.75, 3.05) is 0 Å². The Kier molecular flexibility index (Phi) is 4.21. The van der Waals surface area contributed by atoms with Crippen LogP contribution in [0.3, 0.4) is 0 Å². The number of pyridine rings is 1. The van der Waals surface area contributed by atoms with Crippen molar-refractivity contribution in [3.8, 4) is 11.3 Å². The van der Waals surface area contributed by atoms with Crippen LogP contribution in [0.2, 0.25) is 0 Å². The van der Waals surface area contributed by atoms with E-state index in [0.29, 0.717) is 6.04 Å². The topological polar surface area (TPSA) is 8.81 Å². The fraction of sp³-hybridized carbons (Fsp3) is 0.250. The van der Waals surface area contributed by atoms with Crippen molar-refractivity contribution < 1.29 is 4.57 Å². The van der Waals surface area contributed by atoms with Gasteiger partial charge in [-0.2, -0.15) is 4.57 Å². The van der Waals surface area contributed by atoms with E-state index in [-0.39, 0.29) is 0 Å². The third kappa shape index (κ3) is 2.53. The van der Waals surface area contributed by atoms with Crippen LogP contribution in [0.15, 0.2) is 60.7 Å². The monoisotopic (exact) mass is 393 g/mol. The summed E-state index contributed by atoms with van der Waals surface area (Å²) < 4.78 is 4.85. The quantitative estimate of drug-likeness (QED) is 0.287. The SMILES string of the molecule is Cc1cc2c3ccccc3n(C(C)C)c2cc1-c1c2ccccc2c(C)c(C)[n+]1C. The van der Waals surface area contributed by atoms with E-state index in [4.69, 9.17) is 0 Å². The van der Waals surface area contributed by atoms with Gasteiger partial charge in [0.1, 0.15) is 7.05 Å². The maximum atomic E-state index is 2.48. The lowest BCUT2D eigenvalue weighted by molar-refractivity contribution is -0.665. The van der Waals surface area contributed by atoms with E-state index in [1.807, 2.05) is 0 Å². The highest BCUT2D eigenvalue weighted by molar-refractivity contribution is 6.10. The predicted molar refractivity (Wildman–Crippen MR) is 128 cm³/mol. The van der Waals surface area contributed by atoms with Gasteiger partial charge in [-0.25, -0.2) is 0 Å². The number of hydrogen-bond donors (Lipinski definition) is 0. The number of nitrogens with zero attached hydrogens (tertiary/aromatic N) is 2. The minimum atomic E-state index is 0.396. The Morgan fingerprint density at radius 3 is 2.07 bits per heavy atom. The van der Waals surface area contributed by atoms with Gasteiger partial charge in [-0.3, -0.25) is 0 Å². The zero-order valence-electron chi connectivity index (χ0n) is 18.7. The van der Waals surface area contributed by atoms with Gasteiger partial charge in [0.15, 0.2) is 5.69 Å². The van der Waals surface area contributed by atoms with Crippen molar-refractivity contribution in [2.45, 2.75) is 40.7 Å². The first kappa shape index (κ1) is 18.9. The molecule has 0 amide bonds. The molecule has 0 aliphatic carbocycles. The fourth-order valence-corrected chi connectivity index (χ4v) is 5.10. The molecule has 0 saturated carbocycles. The minimum absolute atomic E-state index is 0.396. The van der Waals surface area contributed by atoms with Gasteiger partial charge >= 0.3 is 0 Å². The summed E-state index contributed by atoms with van der Waals surface area (Å²) in [5.74, 6) is 0. The first-order chi connectivity index (χ1) is 14.4. The molecule has 5 aromatic rings. The molecule has 0 atom stereocenters. The number of aryl methyl sites for hydroxylation is 2. The van der Waals surface area contributed by atoms with Crippen LogP contribution >= 0.6 is 0 Å². The van der Waals surface area contributed by atoms with Gasteiger partial charge in [0, 0.05) is 34.8 Å². The van der Waals surface area contributed by atoms with E-state index in [9.17, 15) is 0 Å². The first-order valence-electron chi connectivity index (χ1n) is 10.8. The number of aromatic nitrogens is 2. The lowest BCUT2D eigenvalue weighted by Crippen LogP contribution is -2.36. The van der Waals surface area contributed by atoms with E-state index >= 15 is 0 Å². The summed E-state index contributed by atoms with van der Waals surface area (Å²) >= 11 is 0. The van der Waals surface area contributed by atoms with Gasteiger partial charge in [-0.1, -0.05) is 36.4 Å². The Hall–Kier alpha value is -3.13. The molecule has 0 spiro atoms. The molecular weight excluding hydrogens is 364 g/mol. The average Bonchev–Trinajstić information content (AvgIpc) is 3.06. The van der Waals surface area contributed by atoms with Crippen LogP contribution in [0.25, 0.3) is 43.8 Å². The summed E-state index contributed by atoms with van der Waals surface area (Å²) in [6, 6.07) is 22.8. The molecule has 0 bridgehead atoms. The second kappa shape index (κ2) is 6.70. The molecule has 5 rings (SSSR count). The molecule has 2 nitrogen and oxygen atoms in total. The Morgan fingerprint density at radius 2 is 1.37 bits per heavy atom. The third-order valence-electron chi connectivity index (χ3n) is 6.79. The van der Waals surface area contributed by atoms with Crippen molar-refractivity contribution in [1.29, 1.82) is 0 Å². The predicted octanol–water partition coefficient (Wildman–Crippen LogP) is 6.95.